The Labute approximate surface area is 103 Å². The molecular formula is C14H20O3. The quantitative estimate of drug-likeness (QED) is 0.788. The first-order valence-corrected chi connectivity index (χ1v) is 5.74. The van der Waals surface area contributed by atoms with Gasteiger partial charge in [0.05, 0.1) is 14.2 Å². The molecule has 3 nitrogen and oxygen atoms in total. The minimum Gasteiger partial charge on any atom is -0.493 e. The Bertz CT molecular complexity index is 408. The zero-order chi connectivity index (χ0) is 13.0. The average molecular weight is 236 g/mol. The third-order valence-corrected chi connectivity index (χ3v) is 2.73. The number of hydrogen-bond acceptors (Lipinski definition) is 3. The molecular weight excluding hydrogens is 216 g/mol. The molecule has 1 aromatic rings. The molecule has 0 aliphatic heterocycles. The van der Waals surface area contributed by atoms with Crippen molar-refractivity contribution >= 4 is 5.78 Å². The molecule has 94 valence electrons. The smallest absolute Gasteiger partial charge is 0.164 e. The Morgan fingerprint density at radius 1 is 1.24 bits per heavy atom. The third kappa shape index (κ3) is 2.99. The normalized spacial score (nSPS) is 10.5. The van der Waals surface area contributed by atoms with Gasteiger partial charge in [-0.05, 0) is 24.5 Å². The zero-order valence-electron chi connectivity index (χ0n) is 11.2. The van der Waals surface area contributed by atoms with Gasteiger partial charge in [-0.15, -0.1) is 0 Å². The van der Waals surface area contributed by atoms with Crippen molar-refractivity contribution < 1.29 is 14.3 Å². The fraction of sp³-hybridized carbons (Fsp3) is 0.500. The van der Waals surface area contributed by atoms with Gasteiger partial charge in [0.1, 0.15) is 5.78 Å². The van der Waals surface area contributed by atoms with E-state index in [0.717, 1.165) is 11.1 Å². The molecule has 0 amide bonds. The summed E-state index contributed by atoms with van der Waals surface area (Å²) in [6, 6.07) is 3.89. The van der Waals surface area contributed by atoms with Crippen LogP contribution in [0.2, 0.25) is 0 Å². The summed E-state index contributed by atoms with van der Waals surface area (Å²) in [5.74, 6) is 1.82. The van der Waals surface area contributed by atoms with Gasteiger partial charge in [-0.3, -0.25) is 4.79 Å². The van der Waals surface area contributed by atoms with Crippen LogP contribution in [0.15, 0.2) is 12.1 Å². The average Bonchev–Trinajstić information content (AvgIpc) is 2.27. The first-order valence-electron chi connectivity index (χ1n) is 5.74. The second kappa shape index (κ2) is 5.71. The van der Waals surface area contributed by atoms with E-state index in [9.17, 15) is 4.79 Å². The standard InChI is InChI=1S/C14H20O3/c1-9(2)11-6-7-13(16-4)14(17-5)12(11)8-10(3)15/h6-7,9H,8H2,1-5H3. The molecule has 0 heterocycles. The van der Waals surface area contributed by atoms with Gasteiger partial charge >= 0.3 is 0 Å². The van der Waals surface area contributed by atoms with E-state index in [1.165, 1.54) is 0 Å². The van der Waals surface area contributed by atoms with E-state index < -0.39 is 0 Å². The Balaban J connectivity index is 3.38. The summed E-state index contributed by atoms with van der Waals surface area (Å²) in [6.45, 7) is 5.79. The maximum absolute atomic E-state index is 11.4. The molecule has 0 aromatic heterocycles. The molecule has 0 aliphatic carbocycles. The summed E-state index contributed by atoms with van der Waals surface area (Å²) in [4.78, 5) is 11.4. The van der Waals surface area contributed by atoms with Crippen molar-refractivity contribution in [3.05, 3.63) is 23.3 Å². The first-order chi connectivity index (χ1) is 8.01. The summed E-state index contributed by atoms with van der Waals surface area (Å²) in [5.41, 5.74) is 2.08. The van der Waals surface area contributed by atoms with E-state index in [2.05, 4.69) is 13.8 Å². The van der Waals surface area contributed by atoms with E-state index in [0.29, 0.717) is 23.8 Å². The second-order valence-electron chi connectivity index (χ2n) is 4.40. The van der Waals surface area contributed by atoms with E-state index in [1.807, 2.05) is 12.1 Å². The van der Waals surface area contributed by atoms with Crippen molar-refractivity contribution in [3.8, 4) is 11.5 Å². The fourth-order valence-corrected chi connectivity index (χ4v) is 1.98. The van der Waals surface area contributed by atoms with Crippen LogP contribution in [-0.4, -0.2) is 20.0 Å². The molecule has 0 spiro atoms. The van der Waals surface area contributed by atoms with Gasteiger partial charge in [-0.1, -0.05) is 19.9 Å². The van der Waals surface area contributed by atoms with E-state index in [1.54, 1.807) is 21.1 Å². The number of carbonyl (C=O) groups excluding carboxylic acids is 1. The Morgan fingerprint density at radius 3 is 2.29 bits per heavy atom. The summed E-state index contributed by atoms with van der Waals surface area (Å²) in [7, 11) is 3.20. The summed E-state index contributed by atoms with van der Waals surface area (Å²) < 4.78 is 10.6. The summed E-state index contributed by atoms with van der Waals surface area (Å²) >= 11 is 0. The van der Waals surface area contributed by atoms with Crippen molar-refractivity contribution in [2.75, 3.05) is 14.2 Å². The van der Waals surface area contributed by atoms with Gasteiger partial charge in [-0.25, -0.2) is 0 Å². The Hall–Kier alpha value is -1.51. The maximum Gasteiger partial charge on any atom is 0.164 e. The second-order valence-corrected chi connectivity index (χ2v) is 4.40. The first kappa shape index (κ1) is 13.6. The molecule has 17 heavy (non-hydrogen) atoms. The Kier molecular flexibility index (Phi) is 4.55. The fourth-order valence-electron chi connectivity index (χ4n) is 1.98. The molecule has 0 aliphatic rings. The number of rotatable bonds is 5. The highest BCUT2D eigenvalue weighted by atomic mass is 16.5. The van der Waals surface area contributed by atoms with Gasteiger partial charge < -0.3 is 9.47 Å². The van der Waals surface area contributed by atoms with Crippen LogP contribution in [0, 0.1) is 0 Å². The minimum atomic E-state index is 0.124. The van der Waals surface area contributed by atoms with Crippen molar-refractivity contribution in [1.29, 1.82) is 0 Å². The third-order valence-electron chi connectivity index (χ3n) is 2.73. The maximum atomic E-state index is 11.4. The number of methoxy groups -OCH3 is 2. The molecule has 1 rings (SSSR count). The van der Waals surface area contributed by atoms with Crippen molar-refractivity contribution in [2.45, 2.75) is 33.1 Å². The lowest BCUT2D eigenvalue weighted by molar-refractivity contribution is -0.116. The molecule has 0 saturated carbocycles. The number of ketones is 1. The summed E-state index contributed by atoms with van der Waals surface area (Å²) in [5, 5.41) is 0. The van der Waals surface area contributed by atoms with Crippen molar-refractivity contribution in [3.63, 3.8) is 0 Å². The topological polar surface area (TPSA) is 35.5 Å². The van der Waals surface area contributed by atoms with Crippen LogP contribution in [0.5, 0.6) is 11.5 Å². The van der Waals surface area contributed by atoms with E-state index in [-0.39, 0.29) is 5.78 Å². The number of Topliss-reactive ketones (excluding diaryl/α,β-unsaturated/α-hetero) is 1. The monoisotopic (exact) mass is 236 g/mol. The van der Waals surface area contributed by atoms with Crippen LogP contribution in [-0.2, 0) is 11.2 Å². The predicted molar refractivity (Wildman–Crippen MR) is 68.0 cm³/mol. The van der Waals surface area contributed by atoms with E-state index >= 15 is 0 Å². The van der Waals surface area contributed by atoms with Crippen LogP contribution >= 0.6 is 0 Å². The van der Waals surface area contributed by atoms with Crippen molar-refractivity contribution in [2.24, 2.45) is 0 Å². The largest absolute Gasteiger partial charge is 0.493 e. The number of benzene rings is 1. The molecule has 0 atom stereocenters. The van der Waals surface area contributed by atoms with Gasteiger partial charge in [0.15, 0.2) is 11.5 Å². The van der Waals surface area contributed by atoms with Gasteiger partial charge in [-0.2, -0.15) is 0 Å². The molecule has 1 aromatic carbocycles. The van der Waals surface area contributed by atoms with Crippen LogP contribution in [0.4, 0.5) is 0 Å². The van der Waals surface area contributed by atoms with Crippen LogP contribution in [0.3, 0.4) is 0 Å². The SMILES string of the molecule is COc1ccc(C(C)C)c(CC(C)=O)c1OC. The van der Waals surface area contributed by atoms with E-state index in [4.69, 9.17) is 9.47 Å². The minimum absolute atomic E-state index is 0.124. The van der Waals surface area contributed by atoms with Crippen LogP contribution < -0.4 is 9.47 Å². The molecule has 0 saturated heterocycles. The zero-order valence-corrected chi connectivity index (χ0v) is 11.2. The molecule has 0 unspecified atom stereocenters. The molecule has 0 fully saturated rings. The van der Waals surface area contributed by atoms with Crippen LogP contribution in [0.1, 0.15) is 37.8 Å². The molecule has 0 N–H and O–H groups in total. The summed E-state index contributed by atoms with van der Waals surface area (Å²) in [6.07, 6.45) is 0.383. The number of ether oxygens (including phenoxy) is 2. The van der Waals surface area contributed by atoms with Crippen molar-refractivity contribution in [1.82, 2.24) is 0 Å². The number of carbonyl (C=O) groups is 1. The van der Waals surface area contributed by atoms with Gasteiger partial charge in [0, 0.05) is 12.0 Å². The van der Waals surface area contributed by atoms with Gasteiger partial charge in [0.2, 0.25) is 0 Å². The number of hydrogen-bond donors (Lipinski definition) is 0. The highest BCUT2D eigenvalue weighted by Gasteiger charge is 2.17. The van der Waals surface area contributed by atoms with Gasteiger partial charge in [0.25, 0.3) is 0 Å². The molecule has 0 radical (unpaired) electrons. The molecule has 0 bridgehead atoms. The molecule has 3 heteroatoms. The predicted octanol–water partition coefficient (Wildman–Crippen LogP) is 2.96. The van der Waals surface area contributed by atoms with Crippen LogP contribution in [0.25, 0.3) is 0 Å². The lowest BCUT2D eigenvalue weighted by atomic mass is 9.93. The highest BCUT2D eigenvalue weighted by molar-refractivity contribution is 5.80. The highest BCUT2D eigenvalue weighted by Crippen LogP contribution is 2.36. The lowest BCUT2D eigenvalue weighted by Gasteiger charge is -2.18. The Morgan fingerprint density at radius 2 is 1.88 bits per heavy atom. The lowest BCUT2D eigenvalue weighted by Crippen LogP contribution is -2.06.